The second-order valence-electron chi connectivity index (χ2n) is 7.14. The highest BCUT2D eigenvalue weighted by Gasteiger charge is 2.27. The lowest BCUT2D eigenvalue weighted by Crippen LogP contribution is -2.41. The Morgan fingerprint density at radius 1 is 1.24 bits per heavy atom. The predicted molar refractivity (Wildman–Crippen MR) is 104 cm³/mol. The van der Waals surface area contributed by atoms with E-state index in [1.807, 2.05) is 39.2 Å². The molecule has 0 saturated carbocycles. The van der Waals surface area contributed by atoms with E-state index in [0.29, 0.717) is 0 Å². The van der Waals surface area contributed by atoms with Crippen LogP contribution in [0.1, 0.15) is 23.6 Å². The fourth-order valence-corrected chi connectivity index (χ4v) is 3.46. The summed E-state index contributed by atoms with van der Waals surface area (Å²) in [5, 5.41) is 3.14. The van der Waals surface area contributed by atoms with Gasteiger partial charge in [-0.25, -0.2) is 0 Å². The maximum Gasteiger partial charge on any atom is 0.246 e. The number of rotatable bonds is 5. The van der Waals surface area contributed by atoms with E-state index in [2.05, 4.69) is 46.3 Å². The molecule has 0 aliphatic carbocycles. The van der Waals surface area contributed by atoms with E-state index in [1.54, 1.807) is 0 Å². The number of hydrogen-bond acceptors (Lipinski definition) is 3. The van der Waals surface area contributed by atoms with Crippen LogP contribution < -0.4 is 10.2 Å². The van der Waals surface area contributed by atoms with Gasteiger partial charge in [-0.1, -0.05) is 35.9 Å². The van der Waals surface area contributed by atoms with E-state index in [-0.39, 0.29) is 11.9 Å². The molecule has 25 heavy (non-hydrogen) atoms. The summed E-state index contributed by atoms with van der Waals surface area (Å²) < 4.78 is 0. The minimum Gasteiger partial charge on any atom is -0.359 e. The second kappa shape index (κ2) is 7.28. The van der Waals surface area contributed by atoms with E-state index in [0.717, 1.165) is 30.8 Å². The Labute approximate surface area is 150 Å². The van der Waals surface area contributed by atoms with E-state index in [1.165, 1.54) is 16.8 Å². The standard InChI is InChI=1S/C21H27N3O/c1-15-9-10-19(18(13-15)14-23(3)4)22-21(25)16(2)24-12-11-17-7-5-6-8-20(17)24/h5-10,13,16H,11-12,14H2,1-4H3,(H,22,25)/t16-/m1/s1. The van der Waals surface area contributed by atoms with Gasteiger partial charge in [0, 0.05) is 24.5 Å². The number of aryl methyl sites for hydroxylation is 1. The van der Waals surface area contributed by atoms with Gasteiger partial charge >= 0.3 is 0 Å². The van der Waals surface area contributed by atoms with Gasteiger partial charge in [-0.05, 0) is 57.6 Å². The van der Waals surface area contributed by atoms with Crippen LogP contribution in [0.5, 0.6) is 0 Å². The summed E-state index contributed by atoms with van der Waals surface area (Å²) in [7, 11) is 4.08. The van der Waals surface area contributed by atoms with Crippen molar-refractivity contribution < 1.29 is 4.79 Å². The second-order valence-corrected chi connectivity index (χ2v) is 7.14. The minimum absolute atomic E-state index is 0.0422. The molecular weight excluding hydrogens is 310 g/mol. The molecule has 0 saturated heterocycles. The number of fused-ring (bicyclic) bond motifs is 1. The third kappa shape index (κ3) is 3.85. The number of anilines is 2. The van der Waals surface area contributed by atoms with Crippen LogP contribution in [-0.4, -0.2) is 37.5 Å². The van der Waals surface area contributed by atoms with Crippen molar-refractivity contribution >= 4 is 17.3 Å². The van der Waals surface area contributed by atoms with Crippen molar-refractivity contribution in [2.45, 2.75) is 32.9 Å². The first-order valence-electron chi connectivity index (χ1n) is 8.85. The van der Waals surface area contributed by atoms with Crippen LogP contribution in [0, 0.1) is 6.92 Å². The van der Waals surface area contributed by atoms with E-state index in [4.69, 9.17) is 0 Å². The number of benzene rings is 2. The monoisotopic (exact) mass is 337 g/mol. The fraction of sp³-hybridized carbons (Fsp3) is 0.381. The molecule has 2 aromatic carbocycles. The number of nitrogens with zero attached hydrogens (tertiary/aromatic N) is 2. The zero-order valence-electron chi connectivity index (χ0n) is 15.5. The molecule has 1 heterocycles. The summed E-state index contributed by atoms with van der Waals surface area (Å²) in [5.41, 5.74) is 5.76. The number of hydrogen-bond donors (Lipinski definition) is 1. The van der Waals surface area contributed by atoms with Gasteiger partial charge < -0.3 is 15.1 Å². The fourth-order valence-electron chi connectivity index (χ4n) is 3.46. The highest BCUT2D eigenvalue weighted by molar-refractivity contribution is 5.97. The Bertz CT molecular complexity index is 769. The van der Waals surface area contributed by atoms with Crippen molar-refractivity contribution in [3.63, 3.8) is 0 Å². The molecule has 0 aromatic heterocycles. The maximum atomic E-state index is 12.9. The molecule has 4 nitrogen and oxygen atoms in total. The lowest BCUT2D eigenvalue weighted by molar-refractivity contribution is -0.117. The van der Waals surface area contributed by atoms with Gasteiger partial charge in [-0.3, -0.25) is 4.79 Å². The molecule has 1 N–H and O–H groups in total. The minimum atomic E-state index is -0.197. The summed E-state index contributed by atoms with van der Waals surface area (Å²) in [6.45, 7) is 5.76. The van der Waals surface area contributed by atoms with Crippen molar-refractivity contribution in [3.8, 4) is 0 Å². The van der Waals surface area contributed by atoms with Gasteiger partial charge in [0.2, 0.25) is 5.91 Å². The molecule has 1 aliphatic heterocycles. The molecule has 0 unspecified atom stereocenters. The number of nitrogens with one attached hydrogen (secondary N) is 1. The SMILES string of the molecule is Cc1ccc(NC(=O)[C@@H](C)N2CCc3ccccc32)c(CN(C)C)c1. The molecule has 2 aromatic rings. The number of carbonyl (C=O) groups excluding carboxylic acids is 1. The Balaban J connectivity index is 1.77. The van der Waals surface area contributed by atoms with Crippen molar-refractivity contribution in [3.05, 3.63) is 59.2 Å². The zero-order chi connectivity index (χ0) is 18.0. The molecule has 3 rings (SSSR count). The Hall–Kier alpha value is -2.33. The van der Waals surface area contributed by atoms with Gasteiger partial charge in [-0.15, -0.1) is 0 Å². The number of amides is 1. The van der Waals surface area contributed by atoms with Crippen molar-refractivity contribution in [1.29, 1.82) is 0 Å². The lowest BCUT2D eigenvalue weighted by Gasteiger charge is -2.27. The van der Waals surface area contributed by atoms with Gasteiger partial charge in [0.1, 0.15) is 6.04 Å². The molecule has 0 bridgehead atoms. The summed E-state index contributed by atoms with van der Waals surface area (Å²) >= 11 is 0. The molecule has 132 valence electrons. The van der Waals surface area contributed by atoms with Crippen molar-refractivity contribution in [2.24, 2.45) is 0 Å². The molecule has 0 fully saturated rings. The van der Waals surface area contributed by atoms with Crippen LogP contribution >= 0.6 is 0 Å². The van der Waals surface area contributed by atoms with Gasteiger partial charge in [-0.2, -0.15) is 0 Å². The summed E-state index contributed by atoms with van der Waals surface area (Å²) in [6.07, 6.45) is 1.00. The van der Waals surface area contributed by atoms with E-state index < -0.39 is 0 Å². The first-order valence-corrected chi connectivity index (χ1v) is 8.85. The molecular formula is C21H27N3O. The molecule has 1 aliphatic rings. The molecule has 0 radical (unpaired) electrons. The maximum absolute atomic E-state index is 12.9. The van der Waals surface area contributed by atoms with Crippen molar-refractivity contribution in [1.82, 2.24) is 4.90 Å². The highest BCUT2D eigenvalue weighted by Crippen LogP contribution is 2.29. The lowest BCUT2D eigenvalue weighted by atomic mass is 10.1. The average molecular weight is 337 g/mol. The summed E-state index contributed by atoms with van der Waals surface area (Å²) in [6, 6.07) is 14.4. The van der Waals surface area contributed by atoms with Crippen LogP contribution in [-0.2, 0) is 17.8 Å². The third-order valence-corrected chi connectivity index (χ3v) is 4.78. The summed E-state index contributed by atoms with van der Waals surface area (Å²) in [4.78, 5) is 17.2. The smallest absolute Gasteiger partial charge is 0.246 e. The van der Waals surface area contributed by atoms with Crippen LogP contribution in [0.4, 0.5) is 11.4 Å². The van der Waals surface area contributed by atoms with E-state index in [9.17, 15) is 4.79 Å². The third-order valence-electron chi connectivity index (χ3n) is 4.78. The molecule has 1 atom stereocenters. The van der Waals surface area contributed by atoms with Gasteiger partial charge in [0.15, 0.2) is 0 Å². The van der Waals surface area contributed by atoms with Crippen LogP contribution in [0.2, 0.25) is 0 Å². The first kappa shape index (κ1) is 17.5. The molecule has 4 heteroatoms. The summed E-state index contributed by atoms with van der Waals surface area (Å²) in [5.74, 6) is 0.0422. The largest absolute Gasteiger partial charge is 0.359 e. The Morgan fingerprint density at radius 2 is 2.00 bits per heavy atom. The topological polar surface area (TPSA) is 35.6 Å². The molecule has 0 spiro atoms. The number of para-hydroxylation sites is 1. The van der Waals surface area contributed by atoms with Crippen LogP contribution in [0.25, 0.3) is 0 Å². The predicted octanol–water partition coefficient (Wildman–Crippen LogP) is 3.45. The van der Waals surface area contributed by atoms with Gasteiger partial charge in [0.05, 0.1) is 0 Å². The highest BCUT2D eigenvalue weighted by atomic mass is 16.2. The van der Waals surface area contributed by atoms with Crippen molar-refractivity contribution in [2.75, 3.05) is 30.9 Å². The molecule has 1 amide bonds. The Morgan fingerprint density at radius 3 is 2.76 bits per heavy atom. The van der Waals surface area contributed by atoms with Crippen LogP contribution in [0.3, 0.4) is 0 Å². The quantitative estimate of drug-likeness (QED) is 0.908. The van der Waals surface area contributed by atoms with Crippen LogP contribution in [0.15, 0.2) is 42.5 Å². The van der Waals surface area contributed by atoms with Gasteiger partial charge in [0.25, 0.3) is 0 Å². The average Bonchev–Trinajstić information content (AvgIpc) is 3.00. The Kier molecular flexibility index (Phi) is 5.09. The number of carbonyl (C=O) groups is 1. The normalized spacial score (nSPS) is 14.5. The zero-order valence-corrected chi connectivity index (χ0v) is 15.5. The first-order chi connectivity index (χ1) is 12.0. The van der Waals surface area contributed by atoms with E-state index >= 15 is 0 Å².